The number of carbonyl (C=O) groups is 2. The van der Waals surface area contributed by atoms with Crippen molar-refractivity contribution in [3.63, 3.8) is 0 Å². The van der Waals surface area contributed by atoms with Gasteiger partial charge >= 0.3 is 0 Å². The summed E-state index contributed by atoms with van der Waals surface area (Å²) >= 11 is 0. The van der Waals surface area contributed by atoms with Gasteiger partial charge in [-0.3, -0.25) is 24.8 Å². The number of likely N-dealkylation sites (N-methyl/N-ethyl adjacent to an activating group) is 1. The molecule has 3 aromatic carbocycles. The van der Waals surface area contributed by atoms with Crippen LogP contribution in [0.15, 0.2) is 91.0 Å². The topological polar surface area (TPSA) is 117 Å². The lowest BCUT2D eigenvalue weighted by molar-refractivity contribution is -0.128. The minimum absolute atomic E-state index is 0.223. The number of nitrogens with two attached hydrogens (primary N) is 2. The number of carbonyl (C=O) groups excluding carboxylic acids is 2. The minimum Gasteiger partial charge on any atom is -0.370 e. The second-order valence-electron chi connectivity index (χ2n) is 8.91. The van der Waals surface area contributed by atoms with E-state index in [-0.39, 0.29) is 18.4 Å². The Labute approximate surface area is 213 Å². The molecule has 0 aromatic heterocycles. The second-order valence-corrected chi connectivity index (χ2v) is 8.91. The zero-order valence-electron chi connectivity index (χ0n) is 20.7. The summed E-state index contributed by atoms with van der Waals surface area (Å²) in [4.78, 5) is 29.1. The molecule has 0 bridgehead atoms. The van der Waals surface area contributed by atoms with E-state index in [1.54, 1.807) is 0 Å². The van der Waals surface area contributed by atoms with Gasteiger partial charge in [-0.1, -0.05) is 91.0 Å². The molecule has 7 heteroatoms. The van der Waals surface area contributed by atoms with Gasteiger partial charge in [-0.25, -0.2) is 0 Å². The van der Waals surface area contributed by atoms with Crippen LogP contribution in [-0.4, -0.2) is 53.8 Å². The van der Waals surface area contributed by atoms with Crippen LogP contribution >= 0.6 is 0 Å². The molecule has 0 unspecified atom stereocenters. The van der Waals surface area contributed by atoms with E-state index in [1.165, 1.54) is 10.5 Å². The summed E-state index contributed by atoms with van der Waals surface area (Å²) in [6.07, 6.45) is 1.74. The lowest BCUT2D eigenvalue weighted by Crippen LogP contribution is -2.46. The van der Waals surface area contributed by atoms with Crippen LogP contribution in [0.5, 0.6) is 0 Å². The fourth-order valence-electron chi connectivity index (χ4n) is 4.40. The van der Waals surface area contributed by atoms with Crippen molar-refractivity contribution in [3.8, 4) is 0 Å². The molecule has 0 radical (unpaired) electrons. The molecule has 0 saturated carbocycles. The summed E-state index contributed by atoms with van der Waals surface area (Å²) in [7, 11) is 1.88. The molecule has 1 atom stereocenters. The second kappa shape index (κ2) is 13.2. The number of rotatable bonds is 12. The third kappa shape index (κ3) is 7.26. The van der Waals surface area contributed by atoms with Crippen LogP contribution in [0.1, 0.15) is 35.4 Å². The number of hydrogen-bond acceptors (Lipinski definition) is 4. The predicted octanol–water partition coefficient (Wildman–Crippen LogP) is 3.35. The van der Waals surface area contributed by atoms with E-state index in [2.05, 4.69) is 12.1 Å². The fraction of sp³-hybridized carbons (Fsp3) is 0.276. The minimum atomic E-state index is -0.586. The van der Waals surface area contributed by atoms with E-state index >= 15 is 0 Å². The van der Waals surface area contributed by atoms with Gasteiger partial charge in [-0.2, -0.15) is 0 Å². The number of hydrogen-bond donors (Lipinski definition) is 3. The van der Waals surface area contributed by atoms with Gasteiger partial charge in [0.25, 0.3) is 0 Å². The summed E-state index contributed by atoms with van der Waals surface area (Å²) < 4.78 is 0. The summed E-state index contributed by atoms with van der Waals surface area (Å²) in [5.74, 6) is -1.58. The first-order valence-corrected chi connectivity index (χ1v) is 12.2. The molecule has 36 heavy (non-hydrogen) atoms. The Morgan fingerprint density at radius 3 is 1.78 bits per heavy atom. The zero-order chi connectivity index (χ0) is 25.9. The van der Waals surface area contributed by atoms with Crippen LogP contribution in [0, 0.1) is 5.41 Å². The highest BCUT2D eigenvalue weighted by atomic mass is 16.2. The van der Waals surface area contributed by atoms with Crippen molar-refractivity contribution in [2.45, 2.75) is 31.2 Å². The Hall–Kier alpha value is -3.97. The number of primary amides is 1. The zero-order valence-corrected chi connectivity index (χ0v) is 20.7. The molecule has 3 aromatic rings. The SMILES string of the molecule is CN(CCc1ccccc1)[C@H](CCCN(C(=N)N)C(=O)C(c1ccccc1)c1ccccc1)C(N)=O. The number of nitrogens with zero attached hydrogens (tertiary/aromatic N) is 2. The maximum atomic E-state index is 13.7. The van der Waals surface area contributed by atoms with Gasteiger partial charge in [0.05, 0.1) is 12.0 Å². The van der Waals surface area contributed by atoms with Gasteiger partial charge in [0.15, 0.2) is 5.96 Å². The van der Waals surface area contributed by atoms with Crippen molar-refractivity contribution < 1.29 is 9.59 Å². The third-order valence-electron chi connectivity index (χ3n) is 6.39. The molecule has 0 aliphatic carbocycles. The van der Waals surface area contributed by atoms with Crippen molar-refractivity contribution >= 4 is 17.8 Å². The largest absolute Gasteiger partial charge is 0.370 e. The molecular weight excluding hydrogens is 450 g/mol. The molecule has 3 rings (SSSR count). The van der Waals surface area contributed by atoms with Gasteiger partial charge < -0.3 is 11.5 Å². The number of amides is 2. The quantitative estimate of drug-likeness (QED) is 0.269. The van der Waals surface area contributed by atoms with E-state index in [0.29, 0.717) is 19.4 Å². The fourth-order valence-corrected chi connectivity index (χ4v) is 4.40. The maximum absolute atomic E-state index is 13.7. The lowest BCUT2D eigenvalue weighted by atomic mass is 9.90. The van der Waals surface area contributed by atoms with Crippen molar-refractivity contribution in [1.82, 2.24) is 9.80 Å². The van der Waals surface area contributed by atoms with Crippen molar-refractivity contribution in [1.29, 1.82) is 5.41 Å². The number of benzene rings is 3. The Kier molecular flexibility index (Phi) is 9.77. The van der Waals surface area contributed by atoms with Crippen LogP contribution in [0.2, 0.25) is 0 Å². The Morgan fingerprint density at radius 1 is 0.806 bits per heavy atom. The van der Waals surface area contributed by atoms with Crippen LogP contribution < -0.4 is 11.5 Å². The smallest absolute Gasteiger partial charge is 0.241 e. The molecule has 2 amide bonds. The molecule has 0 saturated heterocycles. The normalized spacial score (nSPS) is 11.9. The van der Waals surface area contributed by atoms with Gasteiger partial charge in [-0.05, 0) is 43.0 Å². The maximum Gasteiger partial charge on any atom is 0.241 e. The highest BCUT2D eigenvalue weighted by Crippen LogP contribution is 2.27. The van der Waals surface area contributed by atoms with E-state index < -0.39 is 17.9 Å². The first kappa shape index (κ1) is 26.6. The first-order chi connectivity index (χ1) is 17.4. The Balaban J connectivity index is 1.68. The predicted molar refractivity (Wildman–Crippen MR) is 143 cm³/mol. The van der Waals surface area contributed by atoms with E-state index in [4.69, 9.17) is 16.9 Å². The summed E-state index contributed by atoms with van der Waals surface area (Å²) in [5.41, 5.74) is 14.4. The highest BCUT2D eigenvalue weighted by molar-refractivity contribution is 5.99. The molecule has 0 aliphatic rings. The summed E-state index contributed by atoms with van der Waals surface area (Å²) in [6.45, 7) is 0.900. The van der Waals surface area contributed by atoms with E-state index in [1.807, 2.05) is 90.8 Å². The highest BCUT2D eigenvalue weighted by Gasteiger charge is 2.29. The monoisotopic (exact) mass is 485 g/mol. The standard InChI is InChI=1S/C29H35N5O2/c1-33(21-19-22-12-5-2-6-13-22)25(27(30)35)18-11-20-34(29(31)32)28(36)26(23-14-7-3-8-15-23)24-16-9-4-10-17-24/h2-10,12-17,25-26H,11,18-21H2,1H3,(H2,30,35)(H3,31,32)/t25-/m1/s1. The summed E-state index contributed by atoms with van der Waals surface area (Å²) in [5, 5.41) is 8.10. The average Bonchev–Trinajstić information content (AvgIpc) is 2.89. The molecule has 7 nitrogen and oxygen atoms in total. The average molecular weight is 486 g/mol. The molecule has 0 fully saturated rings. The van der Waals surface area contributed by atoms with Gasteiger partial charge in [0.2, 0.25) is 11.8 Å². The van der Waals surface area contributed by atoms with Crippen LogP contribution in [0.3, 0.4) is 0 Å². The molecule has 0 aliphatic heterocycles. The van der Waals surface area contributed by atoms with Gasteiger partial charge in [-0.15, -0.1) is 0 Å². The van der Waals surface area contributed by atoms with Crippen LogP contribution in [0.4, 0.5) is 0 Å². The van der Waals surface area contributed by atoms with E-state index in [0.717, 1.165) is 17.5 Å². The van der Waals surface area contributed by atoms with Crippen LogP contribution in [-0.2, 0) is 16.0 Å². The van der Waals surface area contributed by atoms with E-state index in [9.17, 15) is 9.59 Å². The Morgan fingerprint density at radius 2 is 1.31 bits per heavy atom. The number of nitrogens with one attached hydrogen (secondary N) is 1. The molecule has 188 valence electrons. The molecule has 0 heterocycles. The Bertz CT molecular complexity index is 1080. The molecular formula is C29H35N5O2. The third-order valence-corrected chi connectivity index (χ3v) is 6.39. The van der Waals surface area contributed by atoms with Gasteiger partial charge in [0, 0.05) is 13.1 Å². The molecule has 5 N–H and O–H groups in total. The van der Waals surface area contributed by atoms with Crippen molar-refractivity contribution in [2.75, 3.05) is 20.1 Å². The van der Waals surface area contributed by atoms with Gasteiger partial charge in [0.1, 0.15) is 0 Å². The number of guanidine groups is 1. The summed E-state index contributed by atoms with van der Waals surface area (Å²) in [6, 6.07) is 28.6. The molecule has 0 spiro atoms. The van der Waals surface area contributed by atoms with Crippen molar-refractivity contribution in [2.24, 2.45) is 11.5 Å². The lowest BCUT2D eigenvalue weighted by Gasteiger charge is -2.29. The first-order valence-electron chi connectivity index (χ1n) is 12.2. The van der Waals surface area contributed by atoms with Crippen LogP contribution in [0.25, 0.3) is 0 Å². The van der Waals surface area contributed by atoms with Crippen molar-refractivity contribution in [3.05, 3.63) is 108 Å².